The van der Waals surface area contributed by atoms with Crippen molar-refractivity contribution in [1.82, 2.24) is 4.98 Å². The molecule has 0 spiro atoms. The Morgan fingerprint density at radius 2 is 2.14 bits per heavy atom. The Morgan fingerprint density at radius 1 is 1.36 bits per heavy atom. The van der Waals surface area contributed by atoms with Gasteiger partial charge in [0.1, 0.15) is 12.0 Å². The fourth-order valence-corrected chi connectivity index (χ4v) is 2.52. The van der Waals surface area contributed by atoms with Crippen LogP contribution in [0.25, 0.3) is 0 Å². The number of hydrogen-bond acceptors (Lipinski definition) is 6. The number of nitro groups is 1. The second-order valence-electron chi connectivity index (χ2n) is 5.44. The van der Waals surface area contributed by atoms with E-state index in [0.29, 0.717) is 25.4 Å². The van der Waals surface area contributed by atoms with Gasteiger partial charge in [0.25, 0.3) is 5.69 Å². The van der Waals surface area contributed by atoms with Crippen molar-refractivity contribution < 1.29 is 14.5 Å². The summed E-state index contributed by atoms with van der Waals surface area (Å²) in [5.41, 5.74) is -0.0352. The maximum Gasteiger partial charge on any atom is 0.308 e. The van der Waals surface area contributed by atoms with Gasteiger partial charge in [-0.05, 0) is 25.3 Å². The Balaban J connectivity index is 1.60. The first kappa shape index (κ1) is 16.2. The van der Waals surface area contributed by atoms with Gasteiger partial charge in [0.05, 0.1) is 17.4 Å². The Bertz CT molecular complexity index is 498. The Labute approximate surface area is 129 Å². The van der Waals surface area contributed by atoms with Gasteiger partial charge in [-0.3, -0.25) is 14.9 Å². The number of esters is 1. The maximum absolute atomic E-state index is 11.8. The molecule has 1 saturated carbocycles. The number of carbonyl (C=O) groups excluding carboxylic acids is 1. The van der Waals surface area contributed by atoms with Crippen molar-refractivity contribution in [2.24, 2.45) is 5.92 Å². The molecule has 1 aromatic rings. The molecule has 22 heavy (non-hydrogen) atoms. The van der Waals surface area contributed by atoms with Crippen LogP contribution in [-0.2, 0) is 9.53 Å². The first-order chi connectivity index (χ1) is 10.7. The lowest BCUT2D eigenvalue weighted by Crippen LogP contribution is -2.21. The smallest absolute Gasteiger partial charge is 0.308 e. The molecule has 7 nitrogen and oxygen atoms in total. The van der Waals surface area contributed by atoms with E-state index in [-0.39, 0.29) is 17.6 Å². The van der Waals surface area contributed by atoms with Crippen molar-refractivity contribution in [3.63, 3.8) is 0 Å². The molecule has 1 aromatic heterocycles. The third kappa shape index (κ3) is 4.98. The molecule has 0 aromatic carbocycles. The zero-order chi connectivity index (χ0) is 15.8. The number of ether oxygens (including phenoxy) is 1. The van der Waals surface area contributed by atoms with Crippen molar-refractivity contribution in [3.8, 4) is 0 Å². The number of aromatic nitrogens is 1. The third-order valence-electron chi connectivity index (χ3n) is 3.77. The van der Waals surface area contributed by atoms with Crippen LogP contribution in [0.2, 0.25) is 0 Å². The summed E-state index contributed by atoms with van der Waals surface area (Å²) < 4.78 is 5.28. The molecule has 1 N–H and O–H groups in total. The minimum atomic E-state index is -0.485. The molecule has 0 radical (unpaired) electrons. The highest BCUT2D eigenvalue weighted by Gasteiger charge is 2.22. The van der Waals surface area contributed by atoms with Crippen LogP contribution < -0.4 is 5.32 Å². The van der Waals surface area contributed by atoms with Crippen molar-refractivity contribution in [2.75, 3.05) is 18.5 Å². The van der Waals surface area contributed by atoms with E-state index in [2.05, 4.69) is 10.3 Å². The molecule has 1 heterocycles. The first-order valence-electron chi connectivity index (χ1n) is 7.68. The molecule has 2 rings (SSSR count). The van der Waals surface area contributed by atoms with Gasteiger partial charge in [0, 0.05) is 12.6 Å². The normalized spacial score (nSPS) is 15.3. The van der Waals surface area contributed by atoms with Crippen LogP contribution >= 0.6 is 0 Å². The van der Waals surface area contributed by atoms with E-state index in [0.717, 1.165) is 25.7 Å². The highest BCUT2D eigenvalue weighted by atomic mass is 16.6. The highest BCUT2D eigenvalue weighted by molar-refractivity contribution is 5.72. The van der Waals surface area contributed by atoms with Crippen molar-refractivity contribution in [2.45, 2.75) is 38.5 Å². The van der Waals surface area contributed by atoms with Crippen molar-refractivity contribution in [3.05, 3.63) is 28.4 Å². The second kappa shape index (κ2) is 8.31. The minimum Gasteiger partial charge on any atom is -0.465 e. The Morgan fingerprint density at radius 3 is 2.77 bits per heavy atom. The van der Waals surface area contributed by atoms with Crippen LogP contribution in [0.4, 0.5) is 11.5 Å². The van der Waals surface area contributed by atoms with Crippen molar-refractivity contribution in [1.29, 1.82) is 0 Å². The lowest BCUT2D eigenvalue weighted by atomic mass is 9.89. The van der Waals surface area contributed by atoms with Crippen LogP contribution in [0.3, 0.4) is 0 Å². The highest BCUT2D eigenvalue weighted by Crippen LogP contribution is 2.24. The summed E-state index contributed by atoms with van der Waals surface area (Å²) in [6.45, 7) is 0.984. The van der Waals surface area contributed by atoms with E-state index in [1.165, 1.54) is 18.7 Å². The van der Waals surface area contributed by atoms with Gasteiger partial charge in [0.15, 0.2) is 0 Å². The molecule has 0 aliphatic heterocycles. The lowest BCUT2D eigenvalue weighted by Gasteiger charge is -2.19. The summed E-state index contributed by atoms with van der Waals surface area (Å²) in [4.78, 5) is 25.8. The third-order valence-corrected chi connectivity index (χ3v) is 3.77. The van der Waals surface area contributed by atoms with E-state index in [1.807, 2.05) is 0 Å². The minimum absolute atomic E-state index is 0.0352. The average Bonchev–Trinajstić information content (AvgIpc) is 2.55. The molecule has 1 aliphatic carbocycles. The molecule has 1 fully saturated rings. The molecular weight excluding hydrogens is 286 g/mol. The average molecular weight is 307 g/mol. The molecular formula is C15H21N3O4. The molecule has 7 heteroatoms. The van der Waals surface area contributed by atoms with Crippen LogP contribution in [0, 0.1) is 16.0 Å². The van der Waals surface area contributed by atoms with E-state index in [1.54, 1.807) is 6.07 Å². The molecule has 0 saturated heterocycles. The zero-order valence-corrected chi connectivity index (χ0v) is 12.5. The van der Waals surface area contributed by atoms with Crippen LogP contribution in [-0.4, -0.2) is 29.0 Å². The number of nitrogens with one attached hydrogen (secondary N) is 1. The fraction of sp³-hybridized carbons (Fsp3) is 0.600. The first-order valence-corrected chi connectivity index (χ1v) is 7.68. The quantitative estimate of drug-likeness (QED) is 0.360. The number of pyridine rings is 1. The van der Waals surface area contributed by atoms with Crippen LogP contribution in [0.1, 0.15) is 38.5 Å². The van der Waals surface area contributed by atoms with E-state index < -0.39 is 4.92 Å². The summed E-state index contributed by atoms with van der Waals surface area (Å²) in [5.74, 6) is 0.579. The van der Waals surface area contributed by atoms with Gasteiger partial charge >= 0.3 is 5.97 Å². The van der Waals surface area contributed by atoms with Crippen LogP contribution in [0.5, 0.6) is 0 Å². The van der Waals surface area contributed by atoms with E-state index >= 15 is 0 Å². The SMILES string of the molecule is O=C(OCCCNc1ccc([N+](=O)[O-])cn1)C1CCCCC1. The summed E-state index contributed by atoms with van der Waals surface area (Å²) in [7, 11) is 0. The molecule has 0 bridgehead atoms. The number of rotatable bonds is 7. The number of nitrogens with zero attached hydrogens (tertiary/aromatic N) is 2. The topological polar surface area (TPSA) is 94.4 Å². The van der Waals surface area contributed by atoms with E-state index in [9.17, 15) is 14.9 Å². The Hall–Kier alpha value is -2.18. The number of anilines is 1. The molecule has 120 valence electrons. The van der Waals surface area contributed by atoms with Gasteiger partial charge in [0.2, 0.25) is 0 Å². The van der Waals surface area contributed by atoms with Gasteiger partial charge in [-0.1, -0.05) is 19.3 Å². The van der Waals surface area contributed by atoms with E-state index in [4.69, 9.17) is 4.74 Å². The predicted molar refractivity (Wildman–Crippen MR) is 81.5 cm³/mol. The molecule has 0 atom stereocenters. The standard InChI is InChI=1S/C15H21N3O4/c19-15(12-5-2-1-3-6-12)22-10-4-9-16-14-8-7-13(11-17-14)18(20)21/h7-8,11-12H,1-6,9-10H2,(H,16,17). The van der Waals surface area contributed by atoms with Gasteiger partial charge < -0.3 is 10.1 Å². The molecule has 0 unspecified atom stereocenters. The number of hydrogen-bond donors (Lipinski definition) is 1. The van der Waals surface area contributed by atoms with Gasteiger partial charge in [-0.25, -0.2) is 4.98 Å². The van der Waals surface area contributed by atoms with Crippen LogP contribution in [0.15, 0.2) is 18.3 Å². The lowest BCUT2D eigenvalue weighted by molar-refractivity contribution is -0.385. The Kier molecular flexibility index (Phi) is 6.12. The summed E-state index contributed by atoms with van der Waals surface area (Å²) >= 11 is 0. The predicted octanol–water partition coefficient (Wildman–Crippen LogP) is 2.92. The van der Waals surface area contributed by atoms with Gasteiger partial charge in [-0.2, -0.15) is 0 Å². The molecule has 0 amide bonds. The summed E-state index contributed by atoms with van der Waals surface area (Å²) in [6.07, 6.45) is 7.24. The maximum atomic E-state index is 11.8. The fourth-order valence-electron chi connectivity index (χ4n) is 2.52. The molecule has 1 aliphatic rings. The van der Waals surface area contributed by atoms with Crippen molar-refractivity contribution >= 4 is 17.5 Å². The van der Waals surface area contributed by atoms with Gasteiger partial charge in [-0.15, -0.1) is 0 Å². The number of carbonyl (C=O) groups is 1. The monoisotopic (exact) mass is 307 g/mol. The summed E-state index contributed by atoms with van der Waals surface area (Å²) in [6, 6.07) is 2.96. The summed E-state index contributed by atoms with van der Waals surface area (Å²) in [5, 5.41) is 13.5. The second-order valence-corrected chi connectivity index (χ2v) is 5.44. The largest absolute Gasteiger partial charge is 0.465 e. The zero-order valence-electron chi connectivity index (χ0n) is 12.5.